The summed E-state index contributed by atoms with van der Waals surface area (Å²) in [5.41, 5.74) is 5.46. The van der Waals surface area contributed by atoms with E-state index in [1.807, 2.05) is 6.26 Å². The lowest BCUT2D eigenvalue weighted by Crippen LogP contribution is -2.58. The molecule has 0 aliphatic heterocycles. The first-order valence-corrected chi connectivity index (χ1v) is 9.93. The van der Waals surface area contributed by atoms with E-state index in [4.69, 9.17) is 15.9 Å². The fraction of sp³-hybridized carbons (Fsp3) is 0.750. The summed E-state index contributed by atoms with van der Waals surface area (Å²) in [5.74, 6) is -2.83. The lowest BCUT2D eigenvalue weighted by Gasteiger charge is -2.26. The maximum absolute atomic E-state index is 12.6. The van der Waals surface area contributed by atoms with Gasteiger partial charge in [-0.25, -0.2) is 0 Å². The Balaban J connectivity index is 5.17. The SMILES string of the molecule is CSCCC(NC(=O)C(N)CO)C(=O)NC(C(=O)NC(C)C(=O)O)C(C)C. The molecule has 10 nitrogen and oxygen atoms in total. The van der Waals surface area contributed by atoms with Crippen LogP contribution in [0.3, 0.4) is 0 Å². The van der Waals surface area contributed by atoms with Gasteiger partial charge in [-0.15, -0.1) is 0 Å². The van der Waals surface area contributed by atoms with Gasteiger partial charge in [-0.1, -0.05) is 13.8 Å². The molecule has 0 radical (unpaired) electrons. The van der Waals surface area contributed by atoms with Gasteiger partial charge in [0, 0.05) is 0 Å². The predicted octanol–water partition coefficient (Wildman–Crippen LogP) is -1.73. The molecule has 11 heteroatoms. The van der Waals surface area contributed by atoms with Crippen molar-refractivity contribution >= 4 is 35.5 Å². The van der Waals surface area contributed by atoms with Gasteiger partial charge in [0.2, 0.25) is 17.7 Å². The van der Waals surface area contributed by atoms with Gasteiger partial charge in [-0.2, -0.15) is 11.8 Å². The number of carbonyl (C=O) groups is 4. The number of rotatable bonds is 12. The second-order valence-electron chi connectivity index (χ2n) is 6.43. The van der Waals surface area contributed by atoms with E-state index in [1.54, 1.807) is 13.8 Å². The van der Waals surface area contributed by atoms with Gasteiger partial charge >= 0.3 is 5.97 Å². The van der Waals surface area contributed by atoms with E-state index >= 15 is 0 Å². The number of carboxylic acids is 1. The van der Waals surface area contributed by atoms with Crippen LogP contribution in [-0.2, 0) is 19.2 Å². The fourth-order valence-corrected chi connectivity index (χ4v) is 2.49. The largest absolute Gasteiger partial charge is 0.480 e. The molecule has 27 heavy (non-hydrogen) atoms. The summed E-state index contributed by atoms with van der Waals surface area (Å²) in [6, 6.07) is -4.17. The number of aliphatic hydroxyl groups is 1. The Morgan fingerprint density at radius 1 is 1.00 bits per heavy atom. The summed E-state index contributed by atoms with van der Waals surface area (Å²) in [4.78, 5) is 47.7. The predicted molar refractivity (Wildman–Crippen MR) is 102 cm³/mol. The number of nitrogens with two attached hydrogens (primary N) is 1. The van der Waals surface area contributed by atoms with E-state index in [0.29, 0.717) is 12.2 Å². The molecule has 4 unspecified atom stereocenters. The highest BCUT2D eigenvalue weighted by atomic mass is 32.2. The molecule has 0 aromatic rings. The summed E-state index contributed by atoms with van der Waals surface area (Å²) in [6.07, 6.45) is 2.14. The van der Waals surface area contributed by atoms with Crippen LogP contribution in [0.2, 0.25) is 0 Å². The molecule has 0 aromatic carbocycles. The Morgan fingerprint density at radius 3 is 2.04 bits per heavy atom. The smallest absolute Gasteiger partial charge is 0.325 e. The Bertz CT molecular complexity index is 531. The number of nitrogens with one attached hydrogen (secondary N) is 3. The first-order chi connectivity index (χ1) is 12.5. The summed E-state index contributed by atoms with van der Waals surface area (Å²) in [6.45, 7) is 4.16. The third-order valence-corrected chi connectivity index (χ3v) is 4.40. The van der Waals surface area contributed by atoms with Gasteiger partial charge in [-0.3, -0.25) is 19.2 Å². The highest BCUT2D eigenvalue weighted by molar-refractivity contribution is 7.98. The number of carbonyl (C=O) groups excluding carboxylic acids is 3. The van der Waals surface area contributed by atoms with Crippen molar-refractivity contribution in [2.75, 3.05) is 18.6 Å². The first kappa shape index (κ1) is 25.1. The van der Waals surface area contributed by atoms with E-state index in [9.17, 15) is 19.2 Å². The van der Waals surface area contributed by atoms with E-state index in [-0.39, 0.29) is 5.92 Å². The molecule has 0 aliphatic carbocycles. The summed E-state index contributed by atoms with van der Waals surface area (Å²) in [7, 11) is 0. The van der Waals surface area contributed by atoms with Gasteiger partial charge in [0.25, 0.3) is 0 Å². The molecule has 4 atom stereocenters. The number of carboxylic acid groups (broad SMARTS) is 1. The molecule has 0 spiro atoms. The molecule has 0 fully saturated rings. The Kier molecular flexibility index (Phi) is 11.7. The van der Waals surface area contributed by atoms with Gasteiger partial charge in [0.15, 0.2) is 0 Å². The molecule has 0 aliphatic rings. The van der Waals surface area contributed by atoms with E-state index in [2.05, 4.69) is 16.0 Å². The second kappa shape index (κ2) is 12.5. The van der Waals surface area contributed by atoms with Crippen molar-refractivity contribution in [1.29, 1.82) is 0 Å². The number of hydrogen-bond acceptors (Lipinski definition) is 7. The molecule has 0 bridgehead atoms. The van der Waals surface area contributed by atoms with E-state index < -0.39 is 54.5 Å². The van der Waals surface area contributed by atoms with Crippen molar-refractivity contribution in [1.82, 2.24) is 16.0 Å². The molecule has 3 amide bonds. The maximum atomic E-state index is 12.6. The summed E-state index contributed by atoms with van der Waals surface area (Å²) in [5, 5.41) is 25.2. The van der Waals surface area contributed by atoms with Crippen LogP contribution in [0, 0.1) is 5.92 Å². The van der Waals surface area contributed by atoms with Crippen molar-refractivity contribution in [2.24, 2.45) is 11.7 Å². The standard InChI is InChI=1S/C16H30N4O6S/c1-8(2)12(15(24)18-9(3)16(25)26)20-14(23)11(5-6-27-4)19-13(22)10(17)7-21/h8-12,21H,5-7,17H2,1-4H3,(H,18,24)(H,19,22)(H,20,23)(H,25,26). The molecular formula is C16H30N4O6S. The van der Waals surface area contributed by atoms with Crippen LogP contribution in [-0.4, -0.2) is 76.7 Å². The monoisotopic (exact) mass is 406 g/mol. The molecule has 0 aromatic heterocycles. The van der Waals surface area contributed by atoms with Gasteiger partial charge in [0.1, 0.15) is 24.2 Å². The minimum absolute atomic E-state index is 0.300. The van der Waals surface area contributed by atoms with Crippen LogP contribution in [0.5, 0.6) is 0 Å². The molecule has 0 rings (SSSR count). The molecule has 0 heterocycles. The number of hydrogen-bond donors (Lipinski definition) is 6. The highest BCUT2D eigenvalue weighted by Crippen LogP contribution is 2.06. The van der Waals surface area contributed by atoms with E-state index in [1.165, 1.54) is 18.7 Å². The third kappa shape index (κ3) is 9.07. The Hall–Kier alpha value is -1.85. The average Bonchev–Trinajstić information content (AvgIpc) is 2.61. The molecular weight excluding hydrogens is 376 g/mol. The van der Waals surface area contributed by atoms with Crippen LogP contribution in [0.1, 0.15) is 27.2 Å². The summed E-state index contributed by atoms with van der Waals surface area (Å²) < 4.78 is 0. The Morgan fingerprint density at radius 2 is 1.59 bits per heavy atom. The van der Waals surface area contributed by atoms with Crippen molar-refractivity contribution in [2.45, 2.75) is 51.4 Å². The fourth-order valence-electron chi connectivity index (χ4n) is 2.02. The zero-order valence-electron chi connectivity index (χ0n) is 16.0. The zero-order valence-corrected chi connectivity index (χ0v) is 16.8. The van der Waals surface area contributed by atoms with Crippen molar-refractivity contribution in [3.05, 3.63) is 0 Å². The molecule has 0 saturated carbocycles. The van der Waals surface area contributed by atoms with Gasteiger partial charge in [0.05, 0.1) is 6.61 Å². The topological polar surface area (TPSA) is 171 Å². The second-order valence-corrected chi connectivity index (χ2v) is 7.42. The minimum atomic E-state index is -1.19. The van der Waals surface area contributed by atoms with Crippen molar-refractivity contribution < 1.29 is 29.4 Å². The van der Waals surface area contributed by atoms with Gasteiger partial charge in [-0.05, 0) is 31.3 Å². The number of amides is 3. The first-order valence-electron chi connectivity index (χ1n) is 8.54. The Labute approximate surface area is 163 Å². The van der Waals surface area contributed by atoms with E-state index in [0.717, 1.165) is 0 Å². The minimum Gasteiger partial charge on any atom is -0.480 e. The lowest BCUT2D eigenvalue weighted by atomic mass is 10.0. The lowest BCUT2D eigenvalue weighted by molar-refractivity contribution is -0.142. The molecule has 156 valence electrons. The number of aliphatic carboxylic acids is 1. The molecule has 0 saturated heterocycles. The van der Waals surface area contributed by atoms with Gasteiger partial charge < -0.3 is 31.9 Å². The van der Waals surface area contributed by atoms with Crippen LogP contribution < -0.4 is 21.7 Å². The summed E-state index contributed by atoms with van der Waals surface area (Å²) >= 11 is 1.48. The number of thioether (sulfide) groups is 1. The third-order valence-electron chi connectivity index (χ3n) is 3.75. The number of aliphatic hydroxyl groups excluding tert-OH is 1. The zero-order chi connectivity index (χ0) is 21.1. The normalized spacial score (nSPS) is 15.4. The van der Waals surface area contributed by atoms with Crippen LogP contribution in [0.4, 0.5) is 0 Å². The van der Waals surface area contributed by atoms with Crippen LogP contribution in [0.25, 0.3) is 0 Å². The van der Waals surface area contributed by atoms with Crippen LogP contribution >= 0.6 is 11.8 Å². The van der Waals surface area contributed by atoms with Crippen LogP contribution in [0.15, 0.2) is 0 Å². The quantitative estimate of drug-likeness (QED) is 0.222. The van der Waals surface area contributed by atoms with Crippen molar-refractivity contribution in [3.63, 3.8) is 0 Å². The maximum Gasteiger partial charge on any atom is 0.325 e. The molecule has 7 N–H and O–H groups in total. The van der Waals surface area contributed by atoms with Crippen molar-refractivity contribution in [3.8, 4) is 0 Å². The highest BCUT2D eigenvalue weighted by Gasteiger charge is 2.30. The average molecular weight is 407 g/mol.